The van der Waals surface area contributed by atoms with Crippen molar-refractivity contribution in [2.75, 3.05) is 10.5 Å². The van der Waals surface area contributed by atoms with Crippen LogP contribution in [0.25, 0.3) is 0 Å². The Morgan fingerprint density at radius 3 is 2.19 bits per heavy atom. The Labute approximate surface area is 138 Å². The molecular formula is C15H17IN2O2S. The molecule has 112 valence electrons. The van der Waals surface area contributed by atoms with E-state index in [1.165, 1.54) is 0 Å². The first-order chi connectivity index (χ1) is 9.72. The van der Waals surface area contributed by atoms with Crippen molar-refractivity contribution in [2.24, 2.45) is 0 Å². The average molecular weight is 416 g/mol. The molecule has 0 bridgehead atoms. The molecule has 0 aliphatic heterocycles. The molecule has 2 rings (SSSR count). The molecule has 0 amide bonds. The molecule has 21 heavy (non-hydrogen) atoms. The predicted octanol–water partition coefficient (Wildman–Crippen LogP) is 3.60. The van der Waals surface area contributed by atoms with Crippen molar-refractivity contribution >= 4 is 44.0 Å². The van der Waals surface area contributed by atoms with E-state index in [9.17, 15) is 8.42 Å². The van der Waals surface area contributed by atoms with Crippen molar-refractivity contribution < 1.29 is 8.42 Å². The summed E-state index contributed by atoms with van der Waals surface area (Å²) in [5.41, 5.74) is 9.09. The molecule has 0 heterocycles. The molecule has 3 N–H and O–H groups in total. The fourth-order valence-corrected chi connectivity index (χ4v) is 4.16. The minimum atomic E-state index is -3.66. The molecule has 0 atom stereocenters. The standard InChI is InChI=1S/C15H17IN2O2S/c1-9-8-14(17)11(3)15(10(9)2)21(19,20)18-13-6-4-12(16)5-7-13/h4-8,18H,17H2,1-3H3. The minimum absolute atomic E-state index is 0.263. The summed E-state index contributed by atoms with van der Waals surface area (Å²) in [5, 5.41) is 0. The summed E-state index contributed by atoms with van der Waals surface area (Å²) < 4.78 is 29.0. The molecule has 0 spiro atoms. The summed E-state index contributed by atoms with van der Waals surface area (Å²) >= 11 is 2.17. The van der Waals surface area contributed by atoms with Gasteiger partial charge in [-0.3, -0.25) is 4.72 Å². The zero-order valence-electron chi connectivity index (χ0n) is 12.1. The number of hydrogen-bond donors (Lipinski definition) is 2. The van der Waals surface area contributed by atoms with Crippen LogP contribution < -0.4 is 10.5 Å². The molecule has 4 nitrogen and oxygen atoms in total. The van der Waals surface area contributed by atoms with Gasteiger partial charge in [-0.25, -0.2) is 8.42 Å². The maximum atomic E-state index is 12.7. The van der Waals surface area contributed by atoms with Crippen LogP contribution in [0.5, 0.6) is 0 Å². The first kappa shape index (κ1) is 16.1. The van der Waals surface area contributed by atoms with Crippen LogP contribution in [0, 0.1) is 24.3 Å². The second-order valence-electron chi connectivity index (χ2n) is 4.97. The van der Waals surface area contributed by atoms with Crippen LogP contribution in [-0.2, 0) is 10.0 Å². The molecule has 0 aliphatic carbocycles. The van der Waals surface area contributed by atoms with Gasteiger partial charge in [-0.2, -0.15) is 0 Å². The van der Waals surface area contributed by atoms with Crippen LogP contribution in [0.15, 0.2) is 35.2 Å². The Bertz CT molecular complexity index is 758. The number of halogens is 1. The van der Waals surface area contributed by atoms with Crippen LogP contribution >= 0.6 is 22.6 Å². The Kier molecular flexibility index (Phi) is 4.48. The number of hydrogen-bond acceptors (Lipinski definition) is 3. The van der Waals surface area contributed by atoms with Crippen molar-refractivity contribution in [3.05, 3.63) is 50.6 Å². The number of nitrogens with two attached hydrogens (primary N) is 1. The van der Waals surface area contributed by atoms with Gasteiger partial charge in [0.15, 0.2) is 0 Å². The maximum absolute atomic E-state index is 12.7. The van der Waals surface area contributed by atoms with Crippen molar-refractivity contribution in [1.29, 1.82) is 0 Å². The maximum Gasteiger partial charge on any atom is 0.262 e. The molecular weight excluding hydrogens is 399 g/mol. The number of anilines is 2. The van der Waals surface area contributed by atoms with Gasteiger partial charge >= 0.3 is 0 Å². The second-order valence-corrected chi connectivity index (χ2v) is 7.84. The molecule has 6 heteroatoms. The van der Waals surface area contributed by atoms with Gasteiger partial charge in [0.2, 0.25) is 0 Å². The van der Waals surface area contributed by atoms with Gasteiger partial charge in [-0.15, -0.1) is 0 Å². The third-order valence-corrected chi connectivity index (χ3v) is 5.82. The topological polar surface area (TPSA) is 72.2 Å². The fourth-order valence-electron chi connectivity index (χ4n) is 2.17. The predicted molar refractivity (Wildman–Crippen MR) is 95.0 cm³/mol. The van der Waals surface area contributed by atoms with Gasteiger partial charge < -0.3 is 5.73 Å². The summed E-state index contributed by atoms with van der Waals surface area (Å²) in [6, 6.07) is 8.98. The van der Waals surface area contributed by atoms with Gasteiger partial charge in [-0.05, 0) is 90.4 Å². The fraction of sp³-hybridized carbons (Fsp3) is 0.200. The number of rotatable bonds is 3. The average Bonchev–Trinajstić information content (AvgIpc) is 2.39. The largest absolute Gasteiger partial charge is 0.398 e. The van der Waals surface area contributed by atoms with Crippen molar-refractivity contribution in [2.45, 2.75) is 25.7 Å². The Morgan fingerprint density at radius 1 is 1.05 bits per heavy atom. The van der Waals surface area contributed by atoms with Crippen molar-refractivity contribution in [3.8, 4) is 0 Å². The Hall–Kier alpha value is -1.28. The Morgan fingerprint density at radius 2 is 1.62 bits per heavy atom. The normalized spacial score (nSPS) is 11.4. The summed E-state index contributed by atoms with van der Waals surface area (Å²) in [4.78, 5) is 0.263. The SMILES string of the molecule is Cc1cc(N)c(C)c(S(=O)(=O)Nc2ccc(I)cc2)c1C. The van der Waals surface area contributed by atoms with E-state index in [2.05, 4.69) is 27.3 Å². The lowest BCUT2D eigenvalue weighted by atomic mass is 10.1. The molecule has 2 aromatic rings. The first-order valence-electron chi connectivity index (χ1n) is 6.37. The van der Waals surface area contributed by atoms with Gasteiger partial charge in [-0.1, -0.05) is 0 Å². The summed E-state index contributed by atoms with van der Waals surface area (Å²) in [6.45, 7) is 5.38. The van der Waals surface area contributed by atoms with Crippen LogP contribution in [0.1, 0.15) is 16.7 Å². The van der Waals surface area contributed by atoms with Gasteiger partial charge in [0.25, 0.3) is 10.0 Å². The van der Waals surface area contributed by atoms with E-state index < -0.39 is 10.0 Å². The van der Waals surface area contributed by atoms with E-state index in [4.69, 9.17) is 5.73 Å². The lowest BCUT2D eigenvalue weighted by molar-refractivity contribution is 0.600. The molecule has 0 radical (unpaired) electrons. The third-order valence-electron chi connectivity index (χ3n) is 3.44. The molecule has 0 saturated heterocycles. The van der Waals surface area contributed by atoms with E-state index in [-0.39, 0.29) is 4.90 Å². The lowest BCUT2D eigenvalue weighted by Crippen LogP contribution is -2.17. The third kappa shape index (κ3) is 3.32. The Balaban J connectivity index is 2.52. The number of nitrogens with one attached hydrogen (secondary N) is 1. The zero-order chi connectivity index (χ0) is 15.8. The number of nitrogen functional groups attached to an aromatic ring is 1. The van der Waals surface area contributed by atoms with E-state index in [0.29, 0.717) is 16.9 Å². The minimum Gasteiger partial charge on any atom is -0.398 e. The van der Waals surface area contributed by atoms with Gasteiger partial charge in [0.1, 0.15) is 0 Å². The smallest absolute Gasteiger partial charge is 0.262 e. The first-order valence-corrected chi connectivity index (χ1v) is 8.93. The molecule has 0 unspecified atom stereocenters. The van der Waals surface area contributed by atoms with E-state index in [1.54, 1.807) is 32.0 Å². The molecule has 0 saturated carbocycles. The molecule has 0 aliphatic rings. The molecule has 2 aromatic carbocycles. The quantitative estimate of drug-likeness (QED) is 0.593. The second kappa shape index (κ2) is 5.84. The summed E-state index contributed by atoms with van der Waals surface area (Å²) in [7, 11) is -3.66. The van der Waals surface area contributed by atoms with Gasteiger partial charge in [0, 0.05) is 14.9 Å². The van der Waals surface area contributed by atoms with Gasteiger partial charge in [0.05, 0.1) is 4.90 Å². The highest BCUT2D eigenvalue weighted by Crippen LogP contribution is 2.29. The number of sulfonamides is 1. The highest BCUT2D eigenvalue weighted by atomic mass is 127. The highest BCUT2D eigenvalue weighted by Gasteiger charge is 2.22. The number of aryl methyl sites for hydroxylation is 1. The molecule has 0 aromatic heterocycles. The van der Waals surface area contributed by atoms with E-state index in [1.807, 2.05) is 19.1 Å². The van der Waals surface area contributed by atoms with Crippen LogP contribution in [0.4, 0.5) is 11.4 Å². The number of benzene rings is 2. The van der Waals surface area contributed by atoms with E-state index in [0.717, 1.165) is 14.7 Å². The van der Waals surface area contributed by atoms with E-state index >= 15 is 0 Å². The van der Waals surface area contributed by atoms with Crippen LogP contribution in [-0.4, -0.2) is 8.42 Å². The molecule has 0 fully saturated rings. The van der Waals surface area contributed by atoms with Crippen LogP contribution in [0.3, 0.4) is 0 Å². The summed E-state index contributed by atoms with van der Waals surface area (Å²) in [6.07, 6.45) is 0. The van der Waals surface area contributed by atoms with Crippen molar-refractivity contribution in [3.63, 3.8) is 0 Å². The monoisotopic (exact) mass is 416 g/mol. The van der Waals surface area contributed by atoms with Crippen molar-refractivity contribution in [1.82, 2.24) is 0 Å². The van der Waals surface area contributed by atoms with Crippen LogP contribution in [0.2, 0.25) is 0 Å². The zero-order valence-corrected chi connectivity index (χ0v) is 15.0. The highest BCUT2D eigenvalue weighted by molar-refractivity contribution is 14.1. The lowest BCUT2D eigenvalue weighted by Gasteiger charge is -2.16. The summed E-state index contributed by atoms with van der Waals surface area (Å²) in [5.74, 6) is 0.